The molecule has 2 amide bonds. The van der Waals surface area contributed by atoms with Crippen molar-refractivity contribution in [3.63, 3.8) is 0 Å². The second-order valence-electron chi connectivity index (χ2n) is 8.34. The van der Waals surface area contributed by atoms with Gasteiger partial charge in [0, 0.05) is 5.56 Å². The molecular weight excluding hydrogens is 408 g/mol. The van der Waals surface area contributed by atoms with E-state index in [2.05, 4.69) is 20.5 Å². The van der Waals surface area contributed by atoms with Gasteiger partial charge in [0.25, 0.3) is 11.8 Å². The lowest BCUT2D eigenvalue weighted by Gasteiger charge is -2.19. The molecule has 1 aliphatic carbocycles. The van der Waals surface area contributed by atoms with Crippen molar-refractivity contribution in [2.45, 2.75) is 44.8 Å². The number of benzene rings is 2. The van der Waals surface area contributed by atoms with Crippen molar-refractivity contribution in [3.8, 4) is 11.4 Å². The molecular formula is C23H20N6O3. The Bertz CT molecular complexity index is 1280. The van der Waals surface area contributed by atoms with Crippen molar-refractivity contribution in [1.82, 2.24) is 15.1 Å². The van der Waals surface area contributed by atoms with Gasteiger partial charge in [-0.3, -0.25) is 14.6 Å². The Balaban J connectivity index is 1.24. The van der Waals surface area contributed by atoms with Crippen LogP contribution in [0, 0.1) is 6.92 Å². The Labute approximate surface area is 183 Å². The monoisotopic (exact) mass is 428 g/mol. The first-order valence-corrected chi connectivity index (χ1v) is 10.7. The summed E-state index contributed by atoms with van der Waals surface area (Å²) in [5.41, 5.74) is 4.99. The van der Waals surface area contributed by atoms with Gasteiger partial charge < -0.3 is 4.52 Å². The minimum absolute atomic E-state index is 0.0978. The van der Waals surface area contributed by atoms with E-state index in [0.29, 0.717) is 17.4 Å². The molecule has 1 aromatic heterocycles. The number of carbonyl (C=O) groups excluding carboxylic acids is 2. The van der Waals surface area contributed by atoms with E-state index in [9.17, 15) is 9.59 Å². The molecule has 3 aromatic rings. The van der Waals surface area contributed by atoms with Crippen LogP contribution in [0.5, 0.6) is 0 Å². The lowest BCUT2D eigenvalue weighted by molar-refractivity contribution is -0.123. The number of amides is 2. The van der Waals surface area contributed by atoms with Crippen LogP contribution in [0.3, 0.4) is 0 Å². The van der Waals surface area contributed by atoms with E-state index in [0.717, 1.165) is 30.4 Å². The van der Waals surface area contributed by atoms with Crippen molar-refractivity contribution < 1.29 is 14.1 Å². The number of aryl methyl sites for hydroxylation is 3. The maximum Gasteiger partial charge on any atom is 0.263 e. The van der Waals surface area contributed by atoms with E-state index in [1.807, 2.05) is 49.4 Å². The average molecular weight is 428 g/mol. The Morgan fingerprint density at radius 2 is 1.91 bits per heavy atom. The van der Waals surface area contributed by atoms with Crippen LogP contribution in [0.1, 0.15) is 29.0 Å². The largest absolute Gasteiger partial charge is 0.337 e. The first-order chi connectivity index (χ1) is 15.6. The van der Waals surface area contributed by atoms with Crippen molar-refractivity contribution in [2.24, 2.45) is 10.3 Å². The molecule has 6 rings (SSSR count). The van der Waals surface area contributed by atoms with Gasteiger partial charge in [0.1, 0.15) is 6.54 Å². The fraction of sp³-hybridized carbons (Fsp3) is 0.304. The van der Waals surface area contributed by atoms with Gasteiger partial charge in [0.2, 0.25) is 11.7 Å². The zero-order valence-electron chi connectivity index (χ0n) is 17.4. The summed E-state index contributed by atoms with van der Waals surface area (Å²) in [6.07, 6.45) is 3.11. The number of anilines is 1. The fourth-order valence-corrected chi connectivity index (χ4v) is 4.70. The highest BCUT2D eigenvalue weighted by molar-refractivity contribution is 6.25. The second kappa shape index (κ2) is 7.08. The van der Waals surface area contributed by atoms with E-state index < -0.39 is 12.1 Å². The maximum atomic E-state index is 13.2. The summed E-state index contributed by atoms with van der Waals surface area (Å²) in [7, 11) is 0. The van der Waals surface area contributed by atoms with Gasteiger partial charge in [0.05, 0.1) is 5.69 Å². The summed E-state index contributed by atoms with van der Waals surface area (Å²) in [4.78, 5) is 31.9. The van der Waals surface area contributed by atoms with Crippen LogP contribution in [0.4, 0.5) is 5.69 Å². The van der Waals surface area contributed by atoms with Gasteiger partial charge >= 0.3 is 0 Å². The summed E-state index contributed by atoms with van der Waals surface area (Å²) in [6.45, 7) is 2.07. The standard InChI is InChI=1S/C23H20N6O3/c1-13-5-2-3-8-17(13)21-24-18(32-26-21)12-28-20-19(25-27-28)22(30)29(23(20)31)16-10-9-14-6-4-7-15(14)11-16/h2-3,5,8-11,19-20H,4,6-7,12H2,1H3/t19-,20+/m0/s1. The first kappa shape index (κ1) is 18.9. The van der Waals surface area contributed by atoms with Gasteiger partial charge in [-0.1, -0.05) is 40.7 Å². The average Bonchev–Trinajstić information content (AvgIpc) is 3.56. The number of carbonyl (C=O) groups is 2. The Hall–Kier alpha value is -3.88. The van der Waals surface area contributed by atoms with E-state index in [1.54, 1.807) is 0 Å². The molecule has 2 atom stereocenters. The molecule has 32 heavy (non-hydrogen) atoms. The van der Waals surface area contributed by atoms with E-state index in [1.165, 1.54) is 21.0 Å². The van der Waals surface area contributed by atoms with Crippen LogP contribution in [0.25, 0.3) is 11.4 Å². The lowest BCUT2D eigenvalue weighted by Crippen LogP contribution is -2.39. The molecule has 3 heterocycles. The van der Waals surface area contributed by atoms with Crippen LogP contribution in [0.2, 0.25) is 0 Å². The van der Waals surface area contributed by atoms with Gasteiger partial charge in [-0.2, -0.15) is 10.1 Å². The smallest absolute Gasteiger partial charge is 0.263 e. The third-order valence-corrected chi connectivity index (χ3v) is 6.35. The molecule has 3 aliphatic rings. The fourth-order valence-electron chi connectivity index (χ4n) is 4.70. The number of imide groups is 1. The SMILES string of the molecule is Cc1ccccc1-c1noc(CN2N=N[C@@H]3C(=O)N(c4ccc5c(c4)CCC5)C(=O)[C@@H]32)n1. The summed E-state index contributed by atoms with van der Waals surface area (Å²) < 4.78 is 5.39. The third kappa shape index (κ3) is 2.84. The highest BCUT2D eigenvalue weighted by Crippen LogP contribution is 2.35. The molecule has 0 saturated carbocycles. The molecule has 2 aromatic carbocycles. The zero-order chi connectivity index (χ0) is 21.8. The third-order valence-electron chi connectivity index (χ3n) is 6.35. The molecule has 1 fully saturated rings. The van der Waals surface area contributed by atoms with Crippen LogP contribution in [-0.2, 0) is 29.0 Å². The molecule has 2 aliphatic heterocycles. The van der Waals surface area contributed by atoms with Crippen LogP contribution < -0.4 is 4.90 Å². The quantitative estimate of drug-likeness (QED) is 0.592. The number of fused-ring (bicyclic) bond motifs is 2. The van der Waals surface area contributed by atoms with Crippen molar-refractivity contribution in [1.29, 1.82) is 0 Å². The minimum Gasteiger partial charge on any atom is -0.337 e. The van der Waals surface area contributed by atoms with Gasteiger partial charge in [-0.05, 0) is 55.0 Å². The first-order valence-electron chi connectivity index (χ1n) is 10.7. The number of nitrogens with zero attached hydrogens (tertiary/aromatic N) is 6. The van der Waals surface area contributed by atoms with Crippen molar-refractivity contribution >= 4 is 17.5 Å². The number of aromatic nitrogens is 2. The highest BCUT2D eigenvalue weighted by Gasteiger charge is 2.55. The molecule has 160 valence electrons. The van der Waals surface area contributed by atoms with E-state index in [-0.39, 0.29) is 18.4 Å². The zero-order valence-corrected chi connectivity index (χ0v) is 17.4. The summed E-state index contributed by atoms with van der Waals surface area (Å²) >= 11 is 0. The Morgan fingerprint density at radius 3 is 2.78 bits per heavy atom. The normalized spacial score (nSPS) is 21.5. The number of rotatable bonds is 4. The summed E-state index contributed by atoms with van der Waals surface area (Å²) in [5, 5.41) is 13.7. The molecule has 1 saturated heterocycles. The van der Waals surface area contributed by atoms with Crippen LogP contribution >= 0.6 is 0 Å². The lowest BCUT2D eigenvalue weighted by atomic mass is 10.1. The van der Waals surface area contributed by atoms with Crippen LogP contribution in [0.15, 0.2) is 57.3 Å². The second-order valence-corrected chi connectivity index (χ2v) is 8.34. The van der Waals surface area contributed by atoms with Gasteiger partial charge in [0.15, 0.2) is 12.1 Å². The van der Waals surface area contributed by atoms with Gasteiger partial charge in [-0.25, -0.2) is 4.90 Å². The van der Waals surface area contributed by atoms with Crippen molar-refractivity contribution in [3.05, 3.63) is 65.0 Å². The molecule has 0 unspecified atom stereocenters. The van der Waals surface area contributed by atoms with Crippen LogP contribution in [-0.4, -0.2) is 39.0 Å². The van der Waals surface area contributed by atoms with Gasteiger partial charge in [-0.15, -0.1) is 0 Å². The predicted octanol–water partition coefficient (Wildman–Crippen LogP) is 3.03. The molecule has 0 bridgehead atoms. The molecule has 0 spiro atoms. The summed E-state index contributed by atoms with van der Waals surface area (Å²) in [5.74, 6) is 0.0929. The van der Waals surface area contributed by atoms with Crippen molar-refractivity contribution in [2.75, 3.05) is 4.90 Å². The summed E-state index contributed by atoms with van der Waals surface area (Å²) in [6, 6.07) is 11.9. The molecule has 9 heteroatoms. The Morgan fingerprint density at radius 1 is 1.06 bits per heavy atom. The number of hydrogen-bond donors (Lipinski definition) is 0. The molecule has 0 radical (unpaired) electrons. The Kier molecular flexibility index (Phi) is 4.17. The van der Waals surface area contributed by atoms with E-state index in [4.69, 9.17) is 4.52 Å². The number of hydrogen-bond acceptors (Lipinski definition) is 8. The maximum absolute atomic E-state index is 13.2. The predicted molar refractivity (Wildman–Crippen MR) is 113 cm³/mol. The molecule has 0 N–H and O–H groups in total. The topological polar surface area (TPSA) is 104 Å². The minimum atomic E-state index is -0.852. The van der Waals surface area contributed by atoms with E-state index >= 15 is 0 Å². The highest BCUT2D eigenvalue weighted by atomic mass is 16.5. The molecule has 9 nitrogen and oxygen atoms in total.